The zero-order valence-corrected chi connectivity index (χ0v) is 17.7. The lowest BCUT2D eigenvalue weighted by atomic mass is 10.1. The number of thiazole rings is 1. The monoisotopic (exact) mass is 434 g/mol. The Balaban J connectivity index is 1.34. The summed E-state index contributed by atoms with van der Waals surface area (Å²) in [6.45, 7) is 1.73. The average molecular weight is 435 g/mol. The molecule has 0 saturated heterocycles. The fourth-order valence-corrected chi connectivity index (χ4v) is 4.24. The molecular weight excluding hydrogens is 412 g/mol. The number of nitrogens with zero attached hydrogens (tertiary/aromatic N) is 3. The summed E-state index contributed by atoms with van der Waals surface area (Å²) in [6, 6.07) is 13.4. The molecule has 0 aliphatic heterocycles. The summed E-state index contributed by atoms with van der Waals surface area (Å²) in [5.74, 6) is 0.824. The fourth-order valence-electron chi connectivity index (χ4n) is 3.50. The summed E-state index contributed by atoms with van der Waals surface area (Å²) < 4.78 is 7.09. The van der Waals surface area contributed by atoms with Crippen LogP contribution < -0.4 is 10.9 Å². The maximum absolute atomic E-state index is 12.4. The Morgan fingerprint density at radius 3 is 2.77 bits per heavy atom. The van der Waals surface area contributed by atoms with Gasteiger partial charge in [0.05, 0.1) is 18.5 Å². The summed E-state index contributed by atoms with van der Waals surface area (Å²) in [4.78, 5) is 32.1. The number of furan rings is 1. The van der Waals surface area contributed by atoms with Gasteiger partial charge < -0.3 is 9.73 Å². The lowest BCUT2D eigenvalue weighted by molar-refractivity contribution is 0.0951. The van der Waals surface area contributed by atoms with Gasteiger partial charge in [-0.15, -0.1) is 11.3 Å². The molecule has 0 radical (unpaired) electrons. The van der Waals surface area contributed by atoms with Gasteiger partial charge in [-0.1, -0.05) is 12.1 Å². The van der Waals surface area contributed by atoms with Crippen molar-refractivity contribution in [1.82, 2.24) is 19.6 Å². The van der Waals surface area contributed by atoms with Gasteiger partial charge in [-0.05, 0) is 42.7 Å². The smallest absolute Gasteiger partial charge is 0.258 e. The van der Waals surface area contributed by atoms with Gasteiger partial charge >= 0.3 is 0 Å². The molecule has 1 aliphatic carbocycles. The van der Waals surface area contributed by atoms with Crippen LogP contribution in [0.15, 0.2) is 69.5 Å². The first-order valence-corrected chi connectivity index (χ1v) is 11.1. The maximum atomic E-state index is 12.4. The molecule has 0 atom stereocenters. The van der Waals surface area contributed by atoms with Crippen molar-refractivity contribution in [3.63, 3.8) is 0 Å². The Morgan fingerprint density at radius 2 is 2.03 bits per heavy atom. The second-order valence-electron chi connectivity index (χ2n) is 7.81. The summed E-state index contributed by atoms with van der Waals surface area (Å²) in [5, 5.41) is 4.87. The van der Waals surface area contributed by atoms with E-state index in [1.54, 1.807) is 22.9 Å². The van der Waals surface area contributed by atoms with Gasteiger partial charge in [-0.2, -0.15) is 0 Å². The summed E-state index contributed by atoms with van der Waals surface area (Å²) in [5.41, 5.74) is 2.39. The first-order valence-electron chi connectivity index (χ1n) is 10.2. The maximum Gasteiger partial charge on any atom is 0.258 e. The number of benzene rings is 1. The van der Waals surface area contributed by atoms with E-state index >= 15 is 0 Å². The van der Waals surface area contributed by atoms with Crippen molar-refractivity contribution in [1.29, 1.82) is 0 Å². The third-order valence-electron chi connectivity index (χ3n) is 5.24. The third kappa shape index (κ3) is 4.76. The highest BCUT2D eigenvalue weighted by molar-refractivity contribution is 7.15. The van der Waals surface area contributed by atoms with E-state index in [1.807, 2.05) is 41.8 Å². The molecule has 1 amide bonds. The van der Waals surface area contributed by atoms with Gasteiger partial charge in [0, 0.05) is 42.3 Å². The van der Waals surface area contributed by atoms with Gasteiger partial charge in [0.1, 0.15) is 5.76 Å². The van der Waals surface area contributed by atoms with Crippen molar-refractivity contribution in [2.75, 3.05) is 0 Å². The predicted octanol–water partition coefficient (Wildman–Crippen LogP) is 3.44. The third-order valence-corrected chi connectivity index (χ3v) is 5.99. The van der Waals surface area contributed by atoms with Crippen molar-refractivity contribution in [3.8, 4) is 0 Å². The van der Waals surface area contributed by atoms with E-state index in [1.165, 1.54) is 11.3 Å². The molecule has 1 aromatic carbocycles. The molecule has 1 saturated carbocycles. The number of amides is 1. The molecule has 8 heteroatoms. The lowest BCUT2D eigenvalue weighted by Gasteiger charge is -2.21. The van der Waals surface area contributed by atoms with Crippen molar-refractivity contribution in [2.24, 2.45) is 0 Å². The highest BCUT2D eigenvalue weighted by Gasteiger charge is 2.23. The van der Waals surface area contributed by atoms with E-state index < -0.39 is 0 Å². The Kier molecular flexibility index (Phi) is 5.40. The van der Waals surface area contributed by atoms with Crippen molar-refractivity contribution >= 4 is 22.2 Å². The minimum absolute atomic E-state index is 0.0181. The van der Waals surface area contributed by atoms with E-state index in [9.17, 15) is 9.59 Å². The number of carbonyl (C=O) groups excluding carboxylic acids is 1. The molecular formula is C23H22N4O3S. The van der Waals surface area contributed by atoms with Crippen LogP contribution in [0, 0.1) is 0 Å². The summed E-state index contributed by atoms with van der Waals surface area (Å²) in [6.07, 6.45) is 5.53. The number of nitrogens with one attached hydrogen (secondary N) is 1. The van der Waals surface area contributed by atoms with Crippen molar-refractivity contribution in [3.05, 3.63) is 93.2 Å². The van der Waals surface area contributed by atoms with E-state index in [0.717, 1.165) is 29.9 Å². The largest absolute Gasteiger partial charge is 0.468 e. The molecule has 0 unspecified atom stereocenters. The van der Waals surface area contributed by atoms with E-state index in [0.29, 0.717) is 36.2 Å². The standard InChI is InChI=1S/C23H22N4O3S/c28-21-12-19(25-23-27(21)9-11-31-23)14-26(15-20-2-1-10-30-20)13-16-3-5-17(6-4-16)22(29)24-18-7-8-18/h1-6,9-12,18H,7-8,13-15H2,(H,24,29). The van der Waals surface area contributed by atoms with Crippen LogP contribution in [0.1, 0.15) is 40.2 Å². The van der Waals surface area contributed by atoms with Crippen LogP contribution in [0.2, 0.25) is 0 Å². The summed E-state index contributed by atoms with van der Waals surface area (Å²) >= 11 is 1.44. The Labute approximate surface area is 183 Å². The molecule has 3 aromatic heterocycles. The predicted molar refractivity (Wildman–Crippen MR) is 118 cm³/mol. The van der Waals surface area contributed by atoms with E-state index in [4.69, 9.17) is 4.42 Å². The Morgan fingerprint density at radius 1 is 1.19 bits per heavy atom. The highest BCUT2D eigenvalue weighted by Crippen LogP contribution is 2.20. The van der Waals surface area contributed by atoms with Crippen LogP contribution in [0.3, 0.4) is 0 Å². The normalized spacial score (nSPS) is 13.7. The van der Waals surface area contributed by atoms with Crippen LogP contribution in [0.25, 0.3) is 4.96 Å². The molecule has 158 valence electrons. The molecule has 1 aliphatic rings. The Hall–Kier alpha value is -3.23. The van der Waals surface area contributed by atoms with E-state index in [-0.39, 0.29) is 11.5 Å². The van der Waals surface area contributed by atoms with Gasteiger partial charge in [0.15, 0.2) is 4.96 Å². The van der Waals surface area contributed by atoms with Crippen LogP contribution in [-0.2, 0) is 19.6 Å². The van der Waals surface area contributed by atoms with Crippen LogP contribution in [0.5, 0.6) is 0 Å². The molecule has 0 bridgehead atoms. The number of hydrogen-bond acceptors (Lipinski definition) is 6. The van der Waals surface area contributed by atoms with Crippen LogP contribution in [0.4, 0.5) is 0 Å². The number of aromatic nitrogens is 2. The molecule has 7 nitrogen and oxygen atoms in total. The van der Waals surface area contributed by atoms with Crippen LogP contribution >= 0.6 is 11.3 Å². The zero-order valence-electron chi connectivity index (χ0n) is 16.9. The van der Waals surface area contributed by atoms with Crippen molar-refractivity contribution < 1.29 is 9.21 Å². The minimum Gasteiger partial charge on any atom is -0.468 e. The minimum atomic E-state index is -0.0785. The fraction of sp³-hybridized carbons (Fsp3) is 0.261. The lowest BCUT2D eigenvalue weighted by Crippen LogP contribution is -2.26. The molecule has 0 spiro atoms. The molecule has 3 heterocycles. The number of carbonyl (C=O) groups is 1. The zero-order chi connectivity index (χ0) is 21.2. The SMILES string of the molecule is O=C(NC1CC1)c1ccc(CN(Cc2cc(=O)n3ccsc3n2)Cc2ccco2)cc1. The summed E-state index contributed by atoms with van der Waals surface area (Å²) in [7, 11) is 0. The van der Waals surface area contributed by atoms with Gasteiger partial charge in [0.2, 0.25) is 0 Å². The second kappa shape index (κ2) is 8.49. The average Bonchev–Trinajstić information content (AvgIpc) is 3.21. The highest BCUT2D eigenvalue weighted by atomic mass is 32.1. The molecule has 5 rings (SSSR count). The number of fused-ring (bicyclic) bond motifs is 1. The van der Waals surface area contributed by atoms with Crippen molar-refractivity contribution in [2.45, 2.75) is 38.5 Å². The van der Waals surface area contributed by atoms with E-state index in [2.05, 4.69) is 15.2 Å². The second-order valence-corrected chi connectivity index (χ2v) is 8.68. The first-order chi connectivity index (χ1) is 15.1. The molecule has 1 fully saturated rings. The molecule has 31 heavy (non-hydrogen) atoms. The number of rotatable bonds is 8. The van der Waals surface area contributed by atoms with Gasteiger partial charge in [0.25, 0.3) is 11.5 Å². The van der Waals surface area contributed by atoms with Gasteiger partial charge in [-0.25, -0.2) is 4.98 Å². The first kappa shape index (κ1) is 19.7. The topological polar surface area (TPSA) is 79.9 Å². The Bertz CT molecular complexity index is 1240. The number of hydrogen-bond donors (Lipinski definition) is 1. The quantitative estimate of drug-likeness (QED) is 0.460. The molecule has 1 N–H and O–H groups in total. The van der Waals surface area contributed by atoms with Gasteiger partial charge in [-0.3, -0.25) is 18.9 Å². The van der Waals surface area contributed by atoms with Crippen LogP contribution in [-0.4, -0.2) is 26.2 Å². The molecule has 4 aromatic rings.